The van der Waals surface area contributed by atoms with Gasteiger partial charge in [0.15, 0.2) is 0 Å². The van der Waals surface area contributed by atoms with Crippen LogP contribution in [0.2, 0.25) is 0 Å². The third kappa shape index (κ3) is 11.7. The number of esters is 1. The number of nitrogens with one attached hydrogen (secondary N) is 2. The van der Waals surface area contributed by atoms with Crippen molar-refractivity contribution in [1.29, 1.82) is 0 Å². The lowest BCUT2D eigenvalue weighted by atomic mass is 10.1. The number of anilines is 2. The summed E-state index contributed by atoms with van der Waals surface area (Å²) in [5, 5.41) is 43.5. The van der Waals surface area contributed by atoms with Crippen LogP contribution in [0.1, 0.15) is 124 Å². The van der Waals surface area contributed by atoms with Gasteiger partial charge in [0.2, 0.25) is 0 Å². The predicted octanol–water partition coefficient (Wildman–Crippen LogP) is 7.99. The van der Waals surface area contributed by atoms with Crippen LogP contribution < -0.4 is 20.4 Å². The molecule has 0 fully saturated rings. The summed E-state index contributed by atoms with van der Waals surface area (Å²) in [5.41, 5.74) is 2.71. The Bertz CT molecular complexity index is 2990. The van der Waals surface area contributed by atoms with Gasteiger partial charge in [-0.3, -0.25) is 9.59 Å². The molecule has 386 valence electrons. The molecule has 0 saturated carbocycles. The molecule has 0 unspecified atom stereocenters. The maximum absolute atomic E-state index is 13.4. The number of benzene rings is 4. The number of alkyl halides is 6. The second-order valence-corrected chi connectivity index (χ2v) is 17.7. The maximum Gasteiger partial charge on any atom is 0.416 e. The van der Waals surface area contributed by atoms with E-state index in [0.29, 0.717) is 57.4 Å². The molecule has 22 heteroatoms. The van der Waals surface area contributed by atoms with Crippen LogP contribution in [-0.2, 0) is 30.2 Å². The van der Waals surface area contributed by atoms with Gasteiger partial charge in [0.25, 0.3) is 11.8 Å². The average Bonchev–Trinajstić information content (AvgIpc) is 4.09. The third-order valence-corrected chi connectivity index (χ3v) is 12.6. The number of rotatable bonds is 14. The fourth-order valence-electron chi connectivity index (χ4n) is 8.88. The number of aromatic nitrogens is 4. The summed E-state index contributed by atoms with van der Waals surface area (Å²) < 4.78 is 87.0. The molecule has 2 aliphatic heterocycles. The summed E-state index contributed by atoms with van der Waals surface area (Å²) in [5.74, 6) is -1.49. The highest BCUT2D eigenvalue weighted by atomic mass is 19.4. The van der Waals surface area contributed by atoms with E-state index in [0.717, 1.165) is 29.8 Å². The number of halogens is 6. The number of aliphatic hydroxyl groups is 2. The van der Waals surface area contributed by atoms with E-state index in [9.17, 15) is 55.7 Å². The van der Waals surface area contributed by atoms with E-state index in [2.05, 4.69) is 20.8 Å². The zero-order valence-corrected chi connectivity index (χ0v) is 40.1. The molecule has 2 amide bonds. The summed E-state index contributed by atoms with van der Waals surface area (Å²) in [6.07, 6.45) is -8.94. The number of carboxylic acids is 1. The molecule has 73 heavy (non-hydrogen) atoms. The van der Waals surface area contributed by atoms with Crippen molar-refractivity contribution in [2.24, 2.45) is 0 Å². The molecular formula is C51H52F6N8O8. The molecule has 4 aromatic carbocycles. The number of ether oxygens (including phenoxy) is 1. The molecule has 2 aliphatic rings. The van der Waals surface area contributed by atoms with Crippen LogP contribution in [0.25, 0.3) is 0 Å². The smallest absolute Gasteiger partial charge is 0.416 e. The standard InChI is InChI=1S/C26H27F3N4O4.C25H25F3N4O4/c1-15(18-7-9-19(10-8-18)25(36)37-3)30-23(35)22-16(2)31-33-21(14-34)13-32(24(22)33)12-17-5-4-6-20(11-17)26(27,28)29;1-14(17-6-8-18(9-7-17)24(35)36)29-22(34)21-15(2)30-32-20(13-33)12-31(23(21)32)11-16-4-3-5-19(10-16)25(26,27)28/h4-11,15,21,34H,12-14H2,1-3H3,(H,30,35);3-10,14,20,33H,11-13H2,1-2H3,(H,29,34)(H,35,36)/t15-,21-;14-,20-/m00/s1. The largest absolute Gasteiger partial charge is 0.478 e. The quantitative estimate of drug-likeness (QED) is 0.0521. The van der Waals surface area contributed by atoms with Crippen LogP contribution in [0.15, 0.2) is 97.1 Å². The van der Waals surface area contributed by atoms with Crippen molar-refractivity contribution < 1.29 is 65.6 Å². The lowest BCUT2D eigenvalue weighted by Gasteiger charge is -2.21. The summed E-state index contributed by atoms with van der Waals surface area (Å²) in [4.78, 5) is 53.0. The lowest BCUT2D eigenvalue weighted by Crippen LogP contribution is -2.30. The second kappa shape index (κ2) is 21.6. The first-order valence-electron chi connectivity index (χ1n) is 22.9. The Hall–Kier alpha value is -7.72. The molecule has 5 N–H and O–H groups in total. The third-order valence-electron chi connectivity index (χ3n) is 12.6. The number of fused-ring (bicyclic) bond motifs is 2. The first-order chi connectivity index (χ1) is 34.5. The number of carboxylic acid groups (broad SMARTS) is 1. The van der Waals surface area contributed by atoms with Gasteiger partial charge in [-0.1, -0.05) is 48.5 Å². The van der Waals surface area contributed by atoms with Crippen molar-refractivity contribution >= 4 is 35.4 Å². The number of carbonyl (C=O) groups is 4. The number of carbonyl (C=O) groups excluding carboxylic acids is 3. The van der Waals surface area contributed by atoms with E-state index in [1.165, 1.54) is 31.4 Å². The average molecular weight is 1020 g/mol. The van der Waals surface area contributed by atoms with Crippen LogP contribution in [0.5, 0.6) is 0 Å². The van der Waals surface area contributed by atoms with Gasteiger partial charge < -0.3 is 40.5 Å². The summed E-state index contributed by atoms with van der Waals surface area (Å²) in [7, 11) is 1.30. The molecule has 2 aromatic heterocycles. The number of amides is 2. The normalized spacial score (nSPS) is 16.0. The number of hydrogen-bond donors (Lipinski definition) is 5. The molecule has 0 spiro atoms. The van der Waals surface area contributed by atoms with Gasteiger partial charge in [0.05, 0.1) is 78.1 Å². The fourth-order valence-corrected chi connectivity index (χ4v) is 8.88. The number of aromatic carboxylic acids is 1. The Kier molecular flexibility index (Phi) is 15.7. The van der Waals surface area contributed by atoms with Gasteiger partial charge in [-0.2, -0.15) is 36.5 Å². The zero-order chi connectivity index (χ0) is 53.1. The summed E-state index contributed by atoms with van der Waals surface area (Å²) >= 11 is 0. The van der Waals surface area contributed by atoms with Crippen LogP contribution in [-0.4, -0.2) is 92.0 Å². The number of methoxy groups -OCH3 is 1. The zero-order valence-electron chi connectivity index (χ0n) is 40.1. The fraction of sp³-hybridized carbons (Fsp3) is 0.333. The first-order valence-corrected chi connectivity index (χ1v) is 22.9. The molecule has 8 rings (SSSR count). The molecule has 0 radical (unpaired) electrons. The van der Waals surface area contributed by atoms with E-state index in [1.807, 2.05) is 0 Å². The van der Waals surface area contributed by atoms with Crippen LogP contribution in [0.4, 0.5) is 38.0 Å². The van der Waals surface area contributed by atoms with Crippen LogP contribution in [0, 0.1) is 13.8 Å². The van der Waals surface area contributed by atoms with Gasteiger partial charge >= 0.3 is 24.3 Å². The molecule has 0 saturated heterocycles. The van der Waals surface area contributed by atoms with Crippen molar-refractivity contribution in [1.82, 2.24) is 30.2 Å². The molecule has 4 atom stereocenters. The van der Waals surface area contributed by atoms with Crippen molar-refractivity contribution in [3.8, 4) is 0 Å². The Balaban J connectivity index is 0.000000214. The Morgan fingerprint density at radius 1 is 0.644 bits per heavy atom. The molecule has 4 heterocycles. The van der Waals surface area contributed by atoms with E-state index in [-0.39, 0.29) is 44.0 Å². The van der Waals surface area contributed by atoms with E-state index >= 15 is 0 Å². The highest BCUT2D eigenvalue weighted by Gasteiger charge is 2.39. The minimum atomic E-state index is -4.48. The second-order valence-electron chi connectivity index (χ2n) is 17.7. The number of nitrogens with zero attached hydrogens (tertiary/aromatic N) is 6. The monoisotopic (exact) mass is 1020 g/mol. The molecular weight excluding hydrogens is 967 g/mol. The molecule has 6 aromatic rings. The highest BCUT2D eigenvalue weighted by Crippen LogP contribution is 2.38. The van der Waals surface area contributed by atoms with Gasteiger partial charge in [-0.15, -0.1) is 0 Å². The number of aryl methyl sites for hydroxylation is 2. The topological polar surface area (TPSA) is 204 Å². The molecule has 16 nitrogen and oxygen atoms in total. The lowest BCUT2D eigenvalue weighted by molar-refractivity contribution is -0.138. The summed E-state index contributed by atoms with van der Waals surface area (Å²) in [6.45, 7) is 7.16. The van der Waals surface area contributed by atoms with Crippen LogP contribution >= 0.6 is 0 Å². The van der Waals surface area contributed by atoms with Crippen molar-refractivity contribution in [3.63, 3.8) is 0 Å². The predicted molar refractivity (Wildman–Crippen MR) is 254 cm³/mol. The van der Waals surface area contributed by atoms with Crippen LogP contribution in [0.3, 0.4) is 0 Å². The first kappa shape index (κ1) is 53.1. The SMILES string of the molecule is COC(=O)c1ccc([C@H](C)NC(=O)c2c(C)nn3c2N(Cc2cccc(C(F)(F)F)c2)C[C@H]3CO)cc1.Cc1nn2c(c1C(=O)N[C@@H](C)c1ccc(C(=O)O)cc1)N(Cc1cccc(C(F)(F)F)c1)C[C@H]2CO. The van der Waals surface area contributed by atoms with E-state index in [4.69, 9.17) is 9.84 Å². The van der Waals surface area contributed by atoms with Crippen molar-refractivity contribution in [2.75, 3.05) is 43.2 Å². The molecule has 0 aliphatic carbocycles. The van der Waals surface area contributed by atoms with Gasteiger partial charge in [-0.05, 0) is 98.5 Å². The highest BCUT2D eigenvalue weighted by molar-refractivity contribution is 6.01. The van der Waals surface area contributed by atoms with Gasteiger partial charge in [-0.25, -0.2) is 19.0 Å². The minimum Gasteiger partial charge on any atom is -0.478 e. The maximum atomic E-state index is 13.4. The van der Waals surface area contributed by atoms with Crippen molar-refractivity contribution in [2.45, 2.75) is 77.3 Å². The van der Waals surface area contributed by atoms with Gasteiger partial charge in [0.1, 0.15) is 22.8 Å². The molecule has 0 bridgehead atoms. The van der Waals surface area contributed by atoms with Crippen molar-refractivity contribution in [3.05, 3.63) is 164 Å². The number of hydrogen-bond acceptors (Lipinski definition) is 11. The Labute approximate surface area is 414 Å². The van der Waals surface area contributed by atoms with Gasteiger partial charge in [0, 0.05) is 26.2 Å². The van der Waals surface area contributed by atoms with E-state index in [1.54, 1.807) is 95.4 Å². The van der Waals surface area contributed by atoms with E-state index < -0.39 is 71.4 Å². The number of aliphatic hydroxyl groups excluding tert-OH is 2. The Morgan fingerprint density at radius 2 is 1.03 bits per heavy atom. The minimum absolute atomic E-state index is 0.0953. The summed E-state index contributed by atoms with van der Waals surface area (Å²) in [6, 6.07) is 21.0. The Morgan fingerprint density at radius 3 is 1.37 bits per heavy atom.